The summed E-state index contributed by atoms with van der Waals surface area (Å²) >= 11 is 1.41. The van der Waals surface area contributed by atoms with Crippen LogP contribution in [0.4, 0.5) is 0 Å². The minimum Gasteiger partial charge on any atom is -0.352 e. The van der Waals surface area contributed by atoms with Crippen LogP contribution in [-0.2, 0) is 4.79 Å². The summed E-state index contributed by atoms with van der Waals surface area (Å²) in [5.41, 5.74) is 0.728. The number of nitrogens with zero attached hydrogens (tertiary/aromatic N) is 2. The van der Waals surface area contributed by atoms with E-state index >= 15 is 0 Å². The molecule has 28 heavy (non-hydrogen) atoms. The molecule has 5 nitrogen and oxygen atoms in total. The molecule has 2 aliphatic rings. The molecule has 2 aliphatic carbocycles. The van der Waals surface area contributed by atoms with E-state index in [-0.39, 0.29) is 22.8 Å². The highest BCUT2D eigenvalue weighted by Gasteiger charge is 2.33. The predicted octanol–water partition coefficient (Wildman–Crippen LogP) is 4.15. The van der Waals surface area contributed by atoms with Crippen molar-refractivity contribution >= 4 is 28.6 Å². The predicted molar refractivity (Wildman–Crippen MR) is 114 cm³/mol. The molecule has 0 radical (unpaired) electrons. The smallest absolute Gasteiger partial charge is 0.262 e. The largest absolute Gasteiger partial charge is 0.352 e. The van der Waals surface area contributed by atoms with Crippen molar-refractivity contribution in [2.24, 2.45) is 11.8 Å². The van der Waals surface area contributed by atoms with Crippen LogP contribution in [-0.4, -0.2) is 26.8 Å². The van der Waals surface area contributed by atoms with Gasteiger partial charge in [0, 0.05) is 12.1 Å². The molecular weight excluding hydrogens is 370 g/mol. The van der Waals surface area contributed by atoms with Gasteiger partial charge in [0.1, 0.15) is 0 Å². The van der Waals surface area contributed by atoms with Gasteiger partial charge < -0.3 is 5.32 Å². The lowest BCUT2D eigenvalue weighted by molar-refractivity contribution is -0.120. The van der Waals surface area contributed by atoms with E-state index < -0.39 is 0 Å². The summed E-state index contributed by atoms with van der Waals surface area (Å²) in [6.45, 7) is 6.42. The molecule has 1 heterocycles. The molecule has 2 aromatic rings. The highest BCUT2D eigenvalue weighted by molar-refractivity contribution is 8.00. The molecule has 0 unspecified atom stereocenters. The second-order valence-corrected chi connectivity index (χ2v) is 9.77. The van der Waals surface area contributed by atoms with E-state index in [9.17, 15) is 9.59 Å². The number of carbonyl (C=O) groups excluding carboxylic acids is 1. The van der Waals surface area contributed by atoms with Gasteiger partial charge >= 0.3 is 0 Å². The van der Waals surface area contributed by atoms with Crippen LogP contribution in [0.25, 0.3) is 10.9 Å². The van der Waals surface area contributed by atoms with Crippen LogP contribution in [0.5, 0.6) is 0 Å². The third kappa shape index (κ3) is 3.84. The molecule has 0 spiro atoms. The average molecular weight is 400 g/mol. The summed E-state index contributed by atoms with van der Waals surface area (Å²) in [5, 5.41) is 4.12. The number of nitrogens with one attached hydrogen (secondary N) is 1. The van der Waals surface area contributed by atoms with E-state index in [1.54, 1.807) is 0 Å². The molecule has 0 bridgehead atoms. The van der Waals surface area contributed by atoms with Gasteiger partial charge in [-0.1, -0.05) is 50.6 Å². The van der Waals surface area contributed by atoms with E-state index in [1.807, 2.05) is 35.8 Å². The van der Waals surface area contributed by atoms with Crippen LogP contribution in [0.15, 0.2) is 34.2 Å². The first kappa shape index (κ1) is 19.5. The Morgan fingerprint density at radius 1 is 1.21 bits per heavy atom. The Morgan fingerprint density at radius 2 is 1.96 bits per heavy atom. The fourth-order valence-corrected chi connectivity index (χ4v) is 5.15. The third-order valence-corrected chi connectivity index (χ3v) is 7.41. The molecule has 150 valence electrons. The second kappa shape index (κ2) is 7.90. The van der Waals surface area contributed by atoms with E-state index in [0.717, 1.165) is 25.7 Å². The zero-order chi connectivity index (χ0) is 19.8. The quantitative estimate of drug-likeness (QED) is 0.606. The number of hydrogen-bond donors (Lipinski definition) is 1. The lowest BCUT2D eigenvalue weighted by atomic mass is 9.78. The average Bonchev–Trinajstić information content (AvgIpc) is 3.49. The third-order valence-electron chi connectivity index (χ3n) is 6.35. The van der Waals surface area contributed by atoms with Crippen molar-refractivity contribution in [1.29, 1.82) is 0 Å². The first-order chi connectivity index (χ1) is 13.5. The highest BCUT2D eigenvalue weighted by Crippen LogP contribution is 2.39. The number of thioether (sulfide) groups is 1. The molecule has 0 saturated heterocycles. The summed E-state index contributed by atoms with van der Waals surface area (Å²) in [6, 6.07) is 8.00. The number of para-hydroxylation sites is 1. The number of fused-ring (bicyclic) bond motifs is 1. The maximum Gasteiger partial charge on any atom is 0.262 e. The number of amides is 1. The Kier molecular flexibility index (Phi) is 5.50. The Bertz CT molecular complexity index is 937. The minimum absolute atomic E-state index is 0.0221. The number of hydrogen-bond acceptors (Lipinski definition) is 4. The van der Waals surface area contributed by atoms with Gasteiger partial charge in [-0.3, -0.25) is 14.2 Å². The van der Waals surface area contributed by atoms with Crippen LogP contribution < -0.4 is 10.9 Å². The van der Waals surface area contributed by atoms with Crippen LogP contribution in [0.3, 0.4) is 0 Å². The Hall–Kier alpha value is -1.82. The van der Waals surface area contributed by atoms with Crippen molar-refractivity contribution in [3.05, 3.63) is 34.6 Å². The molecule has 1 aromatic carbocycles. The monoisotopic (exact) mass is 399 g/mol. The number of carbonyl (C=O) groups is 1. The van der Waals surface area contributed by atoms with Crippen molar-refractivity contribution in [1.82, 2.24) is 14.9 Å². The van der Waals surface area contributed by atoms with Gasteiger partial charge in [-0.25, -0.2) is 4.98 Å². The maximum absolute atomic E-state index is 13.4. The van der Waals surface area contributed by atoms with Gasteiger partial charge in [0.25, 0.3) is 5.56 Å². The molecule has 6 heteroatoms. The molecule has 1 amide bonds. The van der Waals surface area contributed by atoms with E-state index in [4.69, 9.17) is 4.98 Å². The summed E-state index contributed by atoms with van der Waals surface area (Å²) in [7, 11) is 0. The normalized spacial score (nSPS) is 26.2. The molecule has 2 fully saturated rings. The molecule has 1 N–H and O–H groups in total. The molecular formula is C22H29N3O2S. The zero-order valence-corrected chi connectivity index (χ0v) is 17.7. The maximum atomic E-state index is 13.4. The number of aromatic nitrogens is 2. The Morgan fingerprint density at radius 3 is 2.71 bits per heavy atom. The van der Waals surface area contributed by atoms with Crippen LogP contribution in [0.2, 0.25) is 0 Å². The molecule has 4 rings (SSSR count). The topological polar surface area (TPSA) is 64.0 Å². The molecule has 0 aliphatic heterocycles. The summed E-state index contributed by atoms with van der Waals surface area (Å²) < 4.78 is 1.90. The number of rotatable bonds is 5. The van der Waals surface area contributed by atoms with Gasteiger partial charge in [-0.15, -0.1) is 0 Å². The molecule has 1 aromatic heterocycles. The van der Waals surface area contributed by atoms with Crippen molar-refractivity contribution in [3.63, 3.8) is 0 Å². The van der Waals surface area contributed by atoms with Crippen LogP contribution in [0.1, 0.15) is 58.9 Å². The van der Waals surface area contributed by atoms with Gasteiger partial charge in [0.2, 0.25) is 5.91 Å². The van der Waals surface area contributed by atoms with Gasteiger partial charge in [0.15, 0.2) is 5.16 Å². The van der Waals surface area contributed by atoms with Gasteiger partial charge in [0.05, 0.1) is 16.2 Å². The SMILES string of the molecule is C[C@H]1[C@H](C)CCC[C@H]1n1c(S[C@@H](C)C(=O)NC2CC2)nc2ccccc2c1=O. The minimum atomic E-state index is -0.281. The van der Waals surface area contributed by atoms with Crippen LogP contribution >= 0.6 is 11.8 Å². The summed E-state index contributed by atoms with van der Waals surface area (Å²) in [4.78, 5) is 30.8. The van der Waals surface area contributed by atoms with Crippen molar-refractivity contribution < 1.29 is 4.79 Å². The lowest BCUT2D eigenvalue weighted by Crippen LogP contribution is -2.37. The zero-order valence-electron chi connectivity index (χ0n) is 16.9. The van der Waals surface area contributed by atoms with E-state index in [1.165, 1.54) is 18.2 Å². The van der Waals surface area contributed by atoms with Crippen molar-refractivity contribution in [2.75, 3.05) is 0 Å². The molecule has 2 saturated carbocycles. The lowest BCUT2D eigenvalue weighted by Gasteiger charge is -2.36. The first-order valence-electron chi connectivity index (χ1n) is 10.4. The van der Waals surface area contributed by atoms with Crippen molar-refractivity contribution in [2.45, 2.75) is 75.4 Å². The Balaban J connectivity index is 1.74. The second-order valence-electron chi connectivity index (χ2n) is 8.46. The molecule has 4 atom stereocenters. The summed E-state index contributed by atoms with van der Waals surface area (Å²) in [5.74, 6) is 1.02. The fraction of sp³-hybridized carbons (Fsp3) is 0.591. The van der Waals surface area contributed by atoms with Gasteiger partial charge in [-0.05, 0) is 50.2 Å². The Labute approximate surface area is 170 Å². The van der Waals surface area contributed by atoms with Crippen LogP contribution in [0, 0.1) is 11.8 Å². The summed E-state index contributed by atoms with van der Waals surface area (Å²) in [6.07, 6.45) is 5.45. The fourth-order valence-electron chi connectivity index (χ4n) is 4.18. The first-order valence-corrected chi connectivity index (χ1v) is 11.3. The van der Waals surface area contributed by atoms with E-state index in [2.05, 4.69) is 19.2 Å². The standard InChI is InChI=1S/C22H29N3O2S/c1-13-7-6-10-19(14(13)2)25-21(27)17-8-4-5-9-18(17)24-22(25)28-15(3)20(26)23-16-11-12-16/h4-5,8-9,13-16,19H,6-7,10-12H2,1-3H3,(H,23,26)/t13-,14+,15+,19-/m1/s1. The highest BCUT2D eigenvalue weighted by atomic mass is 32.2. The van der Waals surface area contributed by atoms with Gasteiger partial charge in [-0.2, -0.15) is 0 Å². The van der Waals surface area contributed by atoms with Crippen molar-refractivity contribution in [3.8, 4) is 0 Å². The van der Waals surface area contributed by atoms with E-state index in [0.29, 0.717) is 33.9 Å². The number of benzene rings is 1.